The Labute approximate surface area is 195 Å². The van der Waals surface area contributed by atoms with Crippen LogP contribution >= 0.6 is 0 Å². The van der Waals surface area contributed by atoms with E-state index in [4.69, 9.17) is 5.11 Å². The molecule has 1 aromatic heterocycles. The minimum atomic E-state index is -0.734. The number of aliphatic carboxylic acids is 1. The van der Waals surface area contributed by atoms with E-state index < -0.39 is 5.97 Å². The van der Waals surface area contributed by atoms with Crippen LogP contribution in [0.3, 0.4) is 0 Å². The molecule has 174 valence electrons. The van der Waals surface area contributed by atoms with E-state index in [1.807, 2.05) is 13.2 Å². The maximum Gasteiger partial charge on any atom is 0.303 e. The van der Waals surface area contributed by atoms with Crippen LogP contribution in [-0.2, 0) is 11.2 Å². The lowest BCUT2D eigenvalue weighted by atomic mass is 9.54. The molecule has 0 saturated heterocycles. The van der Waals surface area contributed by atoms with E-state index in [1.54, 1.807) is 6.07 Å². The van der Waals surface area contributed by atoms with Gasteiger partial charge in [-0.3, -0.25) is 9.78 Å². The van der Waals surface area contributed by atoms with Gasteiger partial charge in [-0.15, -0.1) is 0 Å². The van der Waals surface area contributed by atoms with Gasteiger partial charge in [0.05, 0.1) is 6.20 Å². The van der Waals surface area contributed by atoms with Crippen LogP contribution in [0.2, 0.25) is 0 Å². The third-order valence-electron chi connectivity index (χ3n) is 8.63. The van der Waals surface area contributed by atoms with Crippen molar-refractivity contribution in [3.05, 3.63) is 65.2 Å². The van der Waals surface area contributed by atoms with E-state index in [0.29, 0.717) is 24.2 Å². The van der Waals surface area contributed by atoms with Crippen LogP contribution in [0.4, 0.5) is 10.1 Å². The van der Waals surface area contributed by atoms with Crippen molar-refractivity contribution in [1.29, 1.82) is 0 Å². The van der Waals surface area contributed by atoms with E-state index in [9.17, 15) is 9.18 Å². The Bertz CT molecular complexity index is 1100. The maximum absolute atomic E-state index is 13.9. The summed E-state index contributed by atoms with van der Waals surface area (Å²) in [5, 5.41) is 8.90. The predicted octanol–water partition coefficient (Wildman–Crippen LogP) is 6.07. The standard InChI is InChI=1S/C28H33FN2O2/c1-28-12-11-23-22-8-6-21(31(2)13-3-4-27(32)33)15-18(22)5-7-24(23)26(28)10-9-25(28)19-14-20(29)17-30-16-19/h6,8-9,14-17,23-24,26H,3-5,7,10-13H2,1-2H3,(H,32,33)/t23-,24-,26+,28-/m1/s1. The summed E-state index contributed by atoms with van der Waals surface area (Å²) in [6.07, 6.45) is 12.0. The molecule has 0 spiro atoms. The molecule has 1 heterocycles. The molecule has 4 nitrogen and oxygen atoms in total. The van der Waals surface area contributed by atoms with Crippen molar-refractivity contribution in [1.82, 2.24) is 4.98 Å². The van der Waals surface area contributed by atoms with Gasteiger partial charge in [0.25, 0.3) is 0 Å². The number of carboxylic acid groups (broad SMARTS) is 1. The van der Waals surface area contributed by atoms with Crippen LogP contribution in [0, 0.1) is 23.1 Å². The monoisotopic (exact) mass is 448 g/mol. The molecule has 1 saturated carbocycles. The summed E-state index contributed by atoms with van der Waals surface area (Å²) in [4.78, 5) is 17.1. The SMILES string of the molecule is CN(CCCC(=O)O)c1ccc2c(c1)CC[C@@H]1[C@@H]2CC[C@]2(C)C(c3cncc(F)c3)=CC[C@@H]12. The first kappa shape index (κ1) is 22.1. The van der Waals surface area contributed by atoms with Gasteiger partial charge in [-0.2, -0.15) is 0 Å². The Hall–Kier alpha value is -2.69. The number of halogens is 1. The van der Waals surface area contributed by atoms with Gasteiger partial charge in [-0.05, 0) is 102 Å². The van der Waals surface area contributed by atoms with E-state index in [2.05, 4.69) is 41.1 Å². The van der Waals surface area contributed by atoms with Crippen molar-refractivity contribution >= 4 is 17.2 Å². The summed E-state index contributed by atoms with van der Waals surface area (Å²) in [5.41, 5.74) is 6.49. The van der Waals surface area contributed by atoms with Gasteiger partial charge in [0.15, 0.2) is 0 Å². The first-order chi connectivity index (χ1) is 15.9. The Morgan fingerprint density at radius 1 is 1.27 bits per heavy atom. The Kier molecular flexibility index (Phi) is 5.75. The van der Waals surface area contributed by atoms with Gasteiger partial charge in [-0.25, -0.2) is 4.39 Å². The lowest BCUT2D eigenvalue weighted by molar-refractivity contribution is -0.137. The zero-order valence-corrected chi connectivity index (χ0v) is 19.6. The summed E-state index contributed by atoms with van der Waals surface area (Å²) in [6.45, 7) is 3.14. The molecule has 0 unspecified atom stereocenters. The van der Waals surface area contributed by atoms with E-state index in [-0.39, 0.29) is 17.7 Å². The van der Waals surface area contributed by atoms with Gasteiger partial charge in [0, 0.05) is 31.9 Å². The van der Waals surface area contributed by atoms with Crippen molar-refractivity contribution in [2.45, 2.75) is 57.8 Å². The molecule has 3 aliphatic carbocycles. The molecule has 1 fully saturated rings. The molecule has 33 heavy (non-hydrogen) atoms. The largest absolute Gasteiger partial charge is 0.481 e. The van der Waals surface area contributed by atoms with Crippen LogP contribution in [0.15, 0.2) is 42.7 Å². The Morgan fingerprint density at radius 3 is 2.91 bits per heavy atom. The summed E-state index contributed by atoms with van der Waals surface area (Å²) < 4.78 is 13.9. The average molecular weight is 449 g/mol. The number of hydrogen-bond donors (Lipinski definition) is 1. The second-order valence-electron chi connectivity index (χ2n) is 10.4. The molecular formula is C28H33FN2O2. The molecule has 2 aromatic rings. The second kappa shape index (κ2) is 8.58. The third-order valence-corrected chi connectivity index (χ3v) is 8.63. The normalized spacial score (nSPS) is 27.8. The minimum absolute atomic E-state index is 0.0957. The number of fused-ring (bicyclic) bond motifs is 5. The summed E-state index contributed by atoms with van der Waals surface area (Å²) in [5.74, 6) is 0.857. The van der Waals surface area contributed by atoms with Crippen molar-refractivity contribution < 1.29 is 14.3 Å². The Morgan fingerprint density at radius 2 is 2.12 bits per heavy atom. The topological polar surface area (TPSA) is 53.4 Å². The highest BCUT2D eigenvalue weighted by Crippen LogP contribution is 2.63. The van der Waals surface area contributed by atoms with E-state index in [1.165, 1.54) is 41.4 Å². The molecule has 4 atom stereocenters. The number of rotatable bonds is 6. The molecule has 1 N–H and O–H groups in total. The number of pyridine rings is 1. The number of carboxylic acids is 1. The minimum Gasteiger partial charge on any atom is -0.481 e. The second-order valence-corrected chi connectivity index (χ2v) is 10.4. The van der Waals surface area contributed by atoms with Gasteiger partial charge in [-0.1, -0.05) is 19.1 Å². The Balaban J connectivity index is 1.34. The van der Waals surface area contributed by atoms with Gasteiger partial charge >= 0.3 is 5.97 Å². The highest BCUT2D eigenvalue weighted by Gasteiger charge is 2.51. The van der Waals surface area contributed by atoms with Crippen molar-refractivity contribution in [2.24, 2.45) is 17.3 Å². The predicted molar refractivity (Wildman–Crippen MR) is 129 cm³/mol. The van der Waals surface area contributed by atoms with E-state index in [0.717, 1.165) is 31.4 Å². The third kappa shape index (κ3) is 3.96. The molecule has 3 aliphatic rings. The fourth-order valence-corrected chi connectivity index (χ4v) is 6.98. The maximum atomic E-state index is 13.9. The fraction of sp³-hybridized carbons (Fsp3) is 0.500. The van der Waals surface area contributed by atoms with Crippen LogP contribution < -0.4 is 4.90 Å². The number of anilines is 1. The number of aryl methyl sites for hydroxylation is 1. The summed E-state index contributed by atoms with van der Waals surface area (Å²) in [7, 11) is 2.05. The highest BCUT2D eigenvalue weighted by atomic mass is 19.1. The molecular weight excluding hydrogens is 415 g/mol. The molecule has 0 radical (unpaired) electrons. The number of aromatic nitrogens is 1. The summed E-state index contributed by atoms with van der Waals surface area (Å²) >= 11 is 0. The van der Waals surface area contributed by atoms with Crippen molar-refractivity contribution in [3.63, 3.8) is 0 Å². The summed E-state index contributed by atoms with van der Waals surface area (Å²) in [6, 6.07) is 8.52. The van der Waals surface area contributed by atoms with Crippen LogP contribution in [0.25, 0.3) is 5.57 Å². The molecule has 5 rings (SSSR count). The van der Waals surface area contributed by atoms with E-state index >= 15 is 0 Å². The highest BCUT2D eigenvalue weighted by molar-refractivity contribution is 5.72. The molecule has 1 aromatic carbocycles. The van der Waals surface area contributed by atoms with Gasteiger partial charge in [0.2, 0.25) is 0 Å². The van der Waals surface area contributed by atoms with Crippen molar-refractivity contribution in [2.75, 3.05) is 18.5 Å². The first-order valence-electron chi connectivity index (χ1n) is 12.2. The first-order valence-corrected chi connectivity index (χ1v) is 12.2. The number of carbonyl (C=O) groups is 1. The molecule has 0 amide bonds. The lowest BCUT2D eigenvalue weighted by Crippen LogP contribution is -2.41. The van der Waals surface area contributed by atoms with Gasteiger partial charge < -0.3 is 10.0 Å². The van der Waals surface area contributed by atoms with Crippen LogP contribution in [0.1, 0.15) is 68.1 Å². The molecule has 0 aliphatic heterocycles. The number of nitrogens with zero attached hydrogens (tertiary/aromatic N) is 2. The molecule has 5 heteroatoms. The number of hydrogen-bond acceptors (Lipinski definition) is 3. The fourth-order valence-electron chi connectivity index (χ4n) is 6.98. The lowest BCUT2D eigenvalue weighted by Gasteiger charge is -2.50. The van der Waals surface area contributed by atoms with Crippen LogP contribution in [0.5, 0.6) is 0 Å². The van der Waals surface area contributed by atoms with Crippen molar-refractivity contribution in [3.8, 4) is 0 Å². The smallest absolute Gasteiger partial charge is 0.303 e. The number of benzene rings is 1. The molecule has 0 bridgehead atoms. The average Bonchev–Trinajstić information content (AvgIpc) is 3.15. The van der Waals surface area contributed by atoms with Gasteiger partial charge in [0.1, 0.15) is 5.82 Å². The zero-order valence-electron chi connectivity index (χ0n) is 19.6. The zero-order chi connectivity index (χ0) is 23.2. The van der Waals surface area contributed by atoms with Crippen LogP contribution in [-0.4, -0.2) is 29.7 Å². The number of allylic oxidation sites excluding steroid dienone is 2. The quantitative estimate of drug-likeness (QED) is 0.583.